The van der Waals surface area contributed by atoms with E-state index in [1.54, 1.807) is 10.4 Å². The predicted molar refractivity (Wildman–Crippen MR) is 127 cm³/mol. The molecule has 176 valence electrons. The van der Waals surface area contributed by atoms with Gasteiger partial charge in [-0.3, -0.25) is 19.8 Å². The summed E-state index contributed by atoms with van der Waals surface area (Å²) in [5.74, 6) is 0.611. The molecule has 1 aliphatic carbocycles. The molecule has 2 aromatic carbocycles. The first-order valence-electron chi connectivity index (χ1n) is 11.8. The topological polar surface area (TPSA) is 91.8 Å². The molecular formula is C27H29N3O4. The normalized spacial score (nSPS) is 21.5. The van der Waals surface area contributed by atoms with Gasteiger partial charge in [0.1, 0.15) is 18.4 Å². The van der Waals surface area contributed by atoms with Crippen LogP contribution in [-0.2, 0) is 22.6 Å². The Labute approximate surface area is 198 Å². The fourth-order valence-electron chi connectivity index (χ4n) is 5.07. The van der Waals surface area contributed by atoms with Gasteiger partial charge in [0.05, 0.1) is 5.52 Å². The van der Waals surface area contributed by atoms with Crippen LogP contribution < -0.4 is 10.2 Å². The molecule has 7 nitrogen and oxygen atoms in total. The number of para-hydroxylation sites is 1. The van der Waals surface area contributed by atoms with Gasteiger partial charge in [0.25, 0.3) is 5.91 Å². The number of hydrogen-bond acceptors (Lipinski definition) is 5. The number of carbonyl (C=O) groups is 2. The van der Waals surface area contributed by atoms with Crippen molar-refractivity contribution in [2.75, 3.05) is 6.54 Å². The lowest BCUT2D eigenvalue weighted by Crippen LogP contribution is -2.45. The second-order valence-corrected chi connectivity index (χ2v) is 9.34. The third-order valence-electron chi connectivity index (χ3n) is 6.93. The lowest BCUT2D eigenvalue weighted by molar-refractivity contribution is -0.143. The highest BCUT2D eigenvalue weighted by atomic mass is 16.5. The Morgan fingerprint density at radius 1 is 1.18 bits per heavy atom. The second kappa shape index (κ2) is 9.43. The molecule has 2 amide bonds. The maximum atomic E-state index is 12.9. The summed E-state index contributed by atoms with van der Waals surface area (Å²) in [5.41, 5.74) is 5.92. The van der Waals surface area contributed by atoms with Crippen LogP contribution in [0.2, 0.25) is 0 Å². The predicted octanol–water partition coefficient (Wildman–Crippen LogP) is 3.80. The van der Waals surface area contributed by atoms with Crippen molar-refractivity contribution in [1.82, 2.24) is 15.4 Å². The van der Waals surface area contributed by atoms with E-state index >= 15 is 0 Å². The molecule has 3 aromatic rings. The summed E-state index contributed by atoms with van der Waals surface area (Å²) in [6, 6.07) is 17.7. The van der Waals surface area contributed by atoms with Gasteiger partial charge in [-0.25, -0.2) is 5.48 Å². The number of nitrogens with one attached hydrogen (secondary N) is 1. The van der Waals surface area contributed by atoms with E-state index in [1.165, 1.54) is 5.56 Å². The third kappa shape index (κ3) is 4.61. The molecule has 2 N–H and O–H groups in total. The average Bonchev–Trinajstić information content (AvgIpc) is 3.44. The van der Waals surface area contributed by atoms with Crippen molar-refractivity contribution >= 4 is 22.7 Å². The summed E-state index contributed by atoms with van der Waals surface area (Å²) >= 11 is 0. The Morgan fingerprint density at radius 2 is 1.97 bits per heavy atom. The van der Waals surface area contributed by atoms with Crippen molar-refractivity contribution in [1.29, 1.82) is 0 Å². The molecular weight excluding hydrogens is 430 g/mol. The molecule has 0 bridgehead atoms. The number of aryl methyl sites for hydroxylation is 1. The molecule has 1 saturated heterocycles. The third-order valence-corrected chi connectivity index (χ3v) is 6.93. The summed E-state index contributed by atoms with van der Waals surface area (Å²) in [7, 11) is 0. The van der Waals surface area contributed by atoms with Gasteiger partial charge in [0.15, 0.2) is 0 Å². The standard InChI is InChI=1S/C27H29N3O4/c1-17-13-20(22-5-2-3-6-24(22)28-17)16-34-21-10-8-18(9-11-21)14-19-15-23(19)27(32)30-12-4-7-25(30)26(31)29-33/h2-3,5-6,8-11,13,19,23,25,33H,4,7,12,14-16H2,1H3,(H,29,31)/t19-,23+,25-/m1/s1. The van der Waals surface area contributed by atoms with Gasteiger partial charge in [0.2, 0.25) is 5.91 Å². The number of hydrogen-bond donors (Lipinski definition) is 2. The maximum Gasteiger partial charge on any atom is 0.266 e. The number of nitrogens with zero attached hydrogens (tertiary/aromatic N) is 2. The number of amides is 2. The smallest absolute Gasteiger partial charge is 0.266 e. The molecule has 34 heavy (non-hydrogen) atoms. The Kier molecular flexibility index (Phi) is 6.20. The Balaban J connectivity index is 1.16. The summed E-state index contributed by atoms with van der Waals surface area (Å²) in [6.45, 7) is 3.05. The first kappa shape index (κ1) is 22.3. The number of likely N-dealkylation sites (tertiary alicyclic amines) is 1. The van der Waals surface area contributed by atoms with Gasteiger partial charge < -0.3 is 9.64 Å². The zero-order valence-electron chi connectivity index (χ0n) is 19.2. The van der Waals surface area contributed by atoms with Gasteiger partial charge in [-0.2, -0.15) is 0 Å². The molecule has 7 heteroatoms. The molecule has 0 unspecified atom stereocenters. The highest BCUT2D eigenvalue weighted by Crippen LogP contribution is 2.43. The Bertz CT molecular complexity index is 1210. The molecule has 0 spiro atoms. The molecule has 1 aromatic heterocycles. The highest BCUT2D eigenvalue weighted by Gasteiger charge is 2.47. The average molecular weight is 460 g/mol. The minimum Gasteiger partial charge on any atom is -0.489 e. The number of benzene rings is 2. The quantitative estimate of drug-likeness (QED) is 0.414. The van der Waals surface area contributed by atoms with Crippen LogP contribution in [0.25, 0.3) is 10.9 Å². The van der Waals surface area contributed by atoms with Crippen LogP contribution in [0.4, 0.5) is 0 Å². The van der Waals surface area contributed by atoms with Crippen molar-refractivity contribution in [3.63, 3.8) is 0 Å². The molecule has 1 saturated carbocycles. The van der Waals surface area contributed by atoms with Crippen LogP contribution >= 0.6 is 0 Å². The van der Waals surface area contributed by atoms with Gasteiger partial charge in [-0.1, -0.05) is 30.3 Å². The molecule has 3 atom stereocenters. The monoisotopic (exact) mass is 459 g/mol. The van der Waals surface area contributed by atoms with Crippen LogP contribution in [-0.4, -0.2) is 39.5 Å². The van der Waals surface area contributed by atoms with Gasteiger partial charge >= 0.3 is 0 Å². The van der Waals surface area contributed by atoms with Crippen LogP contribution in [0, 0.1) is 18.8 Å². The van der Waals surface area contributed by atoms with Crippen molar-refractivity contribution in [2.45, 2.75) is 45.3 Å². The molecule has 0 radical (unpaired) electrons. The van der Waals surface area contributed by atoms with Crippen molar-refractivity contribution < 1.29 is 19.5 Å². The van der Waals surface area contributed by atoms with Crippen LogP contribution in [0.3, 0.4) is 0 Å². The lowest BCUT2D eigenvalue weighted by atomic mass is 10.1. The summed E-state index contributed by atoms with van der Waals surface area (Å²) in [4.78, 5) is 30.9. The van der Waals surface area contributed by atoms with Crippen LogP contribution in [0.5, 0.6) is 5.75 Å². The Morgan fingerprint density at radius 3 is 2.76 bits per heavy atom. The van der Waals surface area contributed by atoms with Crippen molar-refractivity contribution in [2.24, 2.45) is 11.8 Å². The van der Waals surface area contributed by atoms with E-state index in [0.29, 0.717) is 25.5 Å². The first-order chi connectivity index (χ1) is 16.5. The number of fused-ring (bicyclic) bond motifs is 1. The lowest BCUT2D eigenvalue weighted by Gasteiger charge is -2.23. The molecule has 2 fully saturated rings. The van der Waals surface area contributed by atoms with E-state index in [9.17, 15) is 9.59 Å². The number of rotatable bonds is 7. The molecule has 1 aliphatic heterocycles. The zero-order valence-corrected chi connectivity index (χ0v) is 19.2. The number of ether oxygens (including phenoxy) is 1. The van der Waals surface area contributed by atoms with Gasteiger partial charge in [0, 0.05) is 29.1 Å². The van der Waals surface area contributed by atoms with Crippen molar-refractivity contribution in [3.8, 4) is 5.75 Å². The number of hydroxylamine groups is 1. The fourth-order valence-corrected chi connectivity index (χ4v) is 5.07. The van der Waals surface area contributed by atoms with Crippen LogP contribution in [0.1, 0.15) is 36.1 Å². The number of aromatic nitrogens is 1. The maximum absolute atomic E-state index is 12.9. The molecule has 5 rings (SSSR count). The SMILES string of the molecule is Cc1cc(COc2ccc(C[C@@H]3C[C@@H]3C(=O)N3CCC[C@@H]3C(=O)NO)cc2)c2ccccc2n1. The Hall–Kier alpha value is -3.45. The largest absolute Gasteiger partial charge is 0.489 e. The zero-order chi connectivity index (χ0) is 23.7. The number of carbonyl (C=O) groups excluding carboxylic acids is 2. The van der Waals surface area contributed by atoms with Crippen molar-refractivity contribution in [3.05, 3.63) is 71.4 Å². The summed E-state index contributed by atoms with van der Waals surface area (Å²) < 4.78 is 6.06. The van der Waals surface area contributed by atoms with Crippen LogP contribution in [0.15, 0.2) is 54.6 Å². The summed E-state index contributed by atoms with van der Waals surface area (Å²) in [5, 5.41) is 10.0. The fraction of sp³-hybridized carbons (Fsp3) is 0.370. The minimum atomic E-state index is -0.545. The second-order valence-electron chi connectivity index (χ2n) is 9.34. The molecule has 2 heterocycles. The minimum absolute atomic E-state index is 0.0359. The van der Waals surface area contributed by atoms with E-state index in [2.05, 4.69) is 29.2 Å². The van der Waals surface area contributed by atoms with E-state index in [1.807, 2.05) is 37.3 Å². The molecule has 2 aliphatic rings. The highest BCUT2D eigenvalue weighted by molar-refractivity contribution is 5.89. The van der Waals surface area contributed by atoms with E-state index in [4.69, 9.17) is 9.94 Å². The van der Waals surface area contributed by atoms with Gasteiger partial charge in [-0.05, 0) is 68.4 Å². The summed E-state index contributed by atoms with van der Waals surface area (Å²) in [6.07, 6.45) is 3.06. The van der Waals surface area contributed by atoms with Gasteiger partial charge in [-0.15, -0.1) is 0 Å². The van der Waals surface area contributed by atoms with E-state index < -0.39 is 11.9 Å². The van der Waals surface area contributed by atoms with E-state index in [-0.39, 0.29) is 11.8 Å². The van der Waals surface area contributed by atoms with E-state index in [0.717, 1.165) is 47.2 Å². The number of pyridine rings is 1. The first-order valence-corrected chi connectivity index (χ1v) is 11.8.